The molecule has 1 aromatic heterocycles. The third-order valence-electron chi connectivity index (χ3n) is 2.44. The highest BCUT2D eigenvalue weighted by Gasteiger charge is 2.10. The van der Waals surface area contributed by atoms with Crippen molar-refractivity contribution in [2.45, 2.75) is 0 Å². The van der Waals surface area contributed by atoms with Gasteiger partial charge in [0.25, 0.3) is 5.91 Å². The van der Waals surface area contributed by atoms with Crippen molar-refractivity contribution in [1.82, 2.24) is 4.98 Å². The molecule has 2 aromatic rings. The summed E-state index contributed by atoms with van der Waals surface area (Å²) in [5.41, 5.74) is 6.37. The summed E-state index contributed by atoms with van der Waals surface area (Å²) in [5, 5.41) is 2.93. The first-order chi connectivity index (χ1) is 9.08. The number of rotatable bonds is 3. The van der Waals surface area contributed by atoms with E-state index in [1.807, 2.05) is 0 Å². The lowest BCUT2D eigenvalue weighted by atomic mass is 10.2. The van der Waals surface area contributed by atoms with Crippen LogP contribution in [0.15, 0.2) is 42.7 Å². The van der Waals surface area contributed by atoms with E-state index in [2.05, 4.69) is 10.3 Å². The van der Waals surface area contributed by atoms with Gasteiger partial charge < -0.3 is 11.1 Å². The summed E-state index contributed by atoms with van der Waals surface area (Å²) < 4.78 is 0. The minimum Gasteiger partial charge on any atom is -0.366 e. The molecule has 0 unspecified atom stereocenters. The number of carbonyl (C=O) groups excluding carboxylic acids is 2. The van der Waals surface area contributed by atoms with Crippen LogP contribution < -0.4 is 11.1 Å². The van der Waals surface area contributed by atoms with Crippen LogP contribution in [0.25, 0.3) is 0 Å². The molecule has 0 bridgehead atoms. The van der Waals surface area contributed by atoms with Gasteiger partial charge in [-0.1, -0.05) is 11.6 Å². The first-order valence-corrected chi connectivity index (χ1v) is 5.76. The number of nitrogens with zero attached hydrogens (tertiary/aromatic N) is 1. The van der Waals surface area contributed by atoms with Gasteiger partial charge in [0.1, 0.15) is 0 Å². The van der Waals surface area contributed by atoms with E-state index in [9.17, 15) is 9.59 Å². The van der Waals surface area contributed by atoms with Crippen molar-refractivity contribution in [2.24, 2.45) is 5.73 Å². The van der Waals surface area contributed by atoms with Crippen LogP contribution in [0.3, 0.4) is 0 Å². The predicted molar refractivity (Wildman–Crippen MR) is 72.2 cm³/mol. The predicted octanol–water partition coefficient (Wildman–Crippen LogP) is 2.09. The van der Waals surface area contributed by atoms with Crippen LogP contribution in [-0.2, 0) is 0 Å². The van der Waals surface area contributed by atoms with Gasteiger partial charge in [-0.2, -0.15) is 0 Å². The lowest BCUT2D eigenvalue weighted by molar-refractivity contribution is 0.0998. The molecular formula is C13H10ClN3O2. The van der Waals surface area contributed by atoms with Crippen molar-refractivity contribution in [3.63, 3.8) is 0 Å². The number of carbonyl (C=O) groups is 2. The minimum atomic E-state index is -0.518. The van der Waals surface area contributed by atoms with Crippen LogP contribution in [0.2, 0.25) is 5.02 Å². The zero-order chi connectivity index (χ0) is 13.8. The molecule has 6 heteroatoms. The van der Waals surface area contributed by atoms with Crippen molar-refractivity contribution in [1.29, 1.82) is 0 Å². The molecule has 0 radical (unpaired) electrons. The zero-order valence-corrected chi connectivity index (χ0v) is 10.5. The van der Waals surface area contributed by atoms with E-state index in [1.54, 1.807) is 12.1 Å². The minimum absolute atomic E-state index is 0.272. The standard InChI is InChI=1S/C13H10ClN3O2/c14-11-7-16-6-5-10(11)13(19)17-9-3-1-8(2-4-9)12(15)18/h1-7H,(H2,15,18)(H,17,19). The van der Waals surface area contributed by atoms with Crippen molar-refractivity contribution in [3.05, 3.63) is 58.9 Å². The van der Waals surface area contributed by atoms with Gasteiger partial charge in [-0.15, -0.1) is 0 Å². The number of benzene rings is 1. The van der Waals surface area contributed by atoms with Gasteiger partial charge in [0.05, 0.1) is 10.6 Å². The lowest BCUT2D eigenvalue weighted by Gasteiger charge is -2.06. The van der Waals surface area contributed by atoms with Gasteiger partial charge >= 0.3 is 0 Å². The van der Waals surface area contributed by atoms with Crippen LogP contribution >= 0.6 is 11.6 Å². The molecular weight excluding hydrogens is 266 g/mol. The molecule has 5 nitrogen and oxygen atoms in total. The molecule has 96 valence electrons. The monoisotopic (exact) mass is 275 g/mol. The summed E-state index contributed by atoms with van der Waals surface area (Å²) in [4.78, 5) is 26.7. The number of anilines is 1. The Kier molecular flexibility index (Phi) is 3.77. The highest BCUT2D eigenvalue weighted by atomic mass is 35.5. The number of hydrogen-bond acceptors (Lipinski definition) is 3. The summed E-state index contributed by atoms with van der Waals surface area (Å²) >= 11 is 5.87. The van der Waals surface area contributed by atoms with Gasteiger partial charge in [-0.3, -0.25) is 14.6 Å². The summed E-state index contributed by atoms with van der Waals surface area (Å²) in [6.07, 6.45) is 2.88. The first-order valence-electron chi connectivity index (χ1n) is 5.38. The second-order valence-corrected chi connectivity index (χ2v) is 4.16. The maximum atomic E-state index is 11.9. The van der Waals surface area contributed by atoms with E-state index < -0.39 is 5.91 Å². The van der Waals surface area contributed by atoms with E-state index in [0.29, 0.717) is 16.8 Å². The van der Waals surface area contributed by atoms with Gasteiger partial charge in [-0.05, 0) is 30.3 Å². The summed E-state index contributed by atoms with van der Waals surface area (Å²) in [6.45, 7) is 0. The van der Waals surface area contributed by atoms with Crippen molar-refractivity contribution >= 4 is 29.1 Å². The molecule has 19 heavy (non-hydrogen) atoms. The molecule has 1 aromatic carbocycles. The highest BCUT2D eigenvalue weighted by molar-refractivity contribution is 6.34. The molecule has 0 spiro atoms. The van der Waals surface area contributed by atoms with Crippen molar-refractivity contribution in [3.8, 4) is 0 Å². The Balaban J connectivity index is 2.15. The lowest BCUT2D eigenvalue weighted by Crippen LogP contribution is -2.13. The number of pyridine rings is 1. The summed E-state index contributed by atoms with van der Waals surface area (Å²) in [7, 11) is 0. The molecule has 0 saturated carbocycles. The molecule has 0 atom stereocenters. The van der Waals surface area contributed by atoms with E-state index in [0.717, 1.165) is 0 Å². The smallest absolute Gasteiger partial charge is 0.257 e. The topological polar surface area (TPSA) is 85.1 Å². The van der Waals surface area contributed by atoms with Crippen LogP contribution in [0.1, 0.15) is 20.7 Å². The molecule has 0 saturated heterocycles. The summed E-state index contributed by atoms with van der Waals surface area (Å²) in [5.74, 6) is -0.866. The van der Waals surface area contributed by atoms with Gasteiger partial charge in [0.15, 0.2) is 0 Å². The van der Waals surface area contributed by atoms with E-state index in [-0.39, 0.29) is 10.9 Å². The Hall–Kier alpha value is -2.40. The zero-order valence-electron chi connectivity index (χ0n) is 9.76. The molecule has 0 aliphatic heterocycles. The normalized spacial score (nSPS) is 9.95. The fourth-order valence-electron chi connectivity index (χ4n) is 1.48. The van der Waals surface area contributed by atoms with Crippen LogP contribution in [0.4, 0.5) is 5.69 Å². The van der Waals surface area contributed by atoms with E-state index in [4.69, 9.17) is 17.3 Å². The van der Waals surface area contributed by atoms with Crippen LogP contribution in [0.5, 0.6) is 0 Å². The number of amides is 2. The Morgan fingerprint density at radius 3 is 2.42 bits per heavy atom. The highest BCUT2D eigenvalue weighted by Crippen LogP contribution is 2.16. The number of nitrogens with one attached hydrogen (secondary N) is 1. The van der Waals surface area contributed by atoms with Gasteiger partial charge in [0, 0.05) is 23.6 Å². The van der Waals surface area contributed by atoms with Crippen LogP contribution in [0, 0.1) is 0 Å². The second kappa shape index (κ2) is 5.49. The third-order valence-corrected chi connectivity index (χ3v) is 2.75. The molecule has 0 aliphatic carbocycles. The maximum Gasteiger partial charge on any atom is 0.257 e. The average Bonchev–Trinajstić information content (AvgIpc) is 2.39. The molecule has 0 fully saturated rings. The number of nitrogens with two attached hydrogens (primary N) is 1. The Labute approximate surface area is 114 Å². The Morgan fingerprint density at radius 1 is 1.16 bits per heavy atom. The number of primary amides is 1. The molecule has 3 N–H and O–H groups in total. The number of aromatic nitrogens is 1. The molecule has 1 heterocycles. The fraction of sp³-hybridized carbons (Fsp3) is 0. The van der Waals surface area contributed by atoms with Crippen LogP contribution in [-0.4, -0.2) is 16.8 Å². The van der Waals surface area contributed by atoms with Crippen molar-refractivity contribution in [2.75, 3.05) is 5.32 Å². The maximum absolute atomic E-state index is 11.9. The summed E-state index contributed by atoms with van der Waals surface area (Å²) in [6, 6.07) is 7.77. The molecule has 2 amide bonds. The quantitative estimate of drug-likeness (QED) is 0.899. The SMILES string of the molecule is NC(=O)c1ccc(NC(=O)c2ccncc2Cl)cc1. The average molecular weight is 276 g/mol. The van der Waals surface area contributed by atoms with E-state index >= 15 is 0 Å². The Morgan fingerprint density at radius 2 is 1.84 bits per heavy atom. The van der Waals surface area contributed by atoms with E-state index in [1.165, 1.54) is 30.6 Å². The first kappa shape index (κ1) is 13.0. The fourth-order valence-corrected chi connectivity index (χ4v) is 1.68. The third kappa shape index (κ3) is 3.08. The number of halogens is 1. The molecule has 2 rings (SSSR count). The van der Waals surface area contributed by atoms with Gasteiger partial charge in [-0.25, -0.2) is 0 Å². The van der Waals surface area contributed by atoms with Crippen molar-refractivity contribution < 1.29 is 9.59 Å². The largest absolute Gasteiger partial charge is 0.366 e. The second-order valence-electron chi connectivity index (χ2n) is 3.75. The Bertz CT molecular complexity index is 626. The molecule has 0 aliphatic rings. The number of hydrogen-bond donors (Lipinski definition) is 2. The van der Waals surface area contributed by atoms with Gasteiger partial charge in [0.2, 0.25) is 5.91 Å².